The van der Waals surface area contributed by atoms with E-state index in [0.29, 0.717) is 17.1 Å². The van der Waals surface area contributed by atoms with Crippen LogP contribution in [0.4, 0.5) is 11.5 Å². The van der Waals surface area contributed by atoms with Gasteiger partial charge in [-0.3, -0.25) is 24.0 Å². The molecular formula is C25H28N4O6. The largest absolute Gasteiger partial charge is 0.493 e. The first kappa shape index (κ1) is 25.3. The van der Waals surface area contributed by atoms with Crippen LogP contribution in [0, 0.1) is 0 Å². The fourth-order valence-electron chi connectivity index (χ4n) is 3.49. The number of rotatable bonds is 10. The summed E-state index contributed by atoms with van der Waals surface area (Å²) in [5.74, 6) is 0.436. The number of anilines is 2. The summed E-state index contributed by atoms with van der Waals surface area (Å²) in [5.41, 5.74) is 6.13. The van der Waals surface area contributed by atoms with Gasteiger partial charge in [0, 0.05) is 13.2 Å². The number of nitrogens with one attached hydrogen (secondary N) is 1. The van der Waals surface area contributed by atoms with Crippen molar-refractivity contribution in [1.29, 1.82) is 0 Å². The molecule has 3 rings (SSSR count). The highest BCUT2D eigenvalue weighted by atomic mass is 16.5. The molecule has 3 aromatic rings. The highest BCUT2D eigenvalue weighted by molar-refractivity contribution is 6.05. The highest BCUT2D eigenvalue weighted by Gasteiger charge is 2.23. The van der Waals surface area contributed by atoms with E-state index >= 15 is 0 Å². The number of nitrogen functional groups attached to an aromatic ring is 1. The molecule has 10 heteroatoms. The molecule has 0 aliphatic rings. The second kappa shape index (κ2) is 11.7. The van der Waals surface area contributed by atoms with Crippen molar-refractivity contribution < 1.29 is 19.0 Å². The van der Waals surface area contributed by atoms with Crippen LogP contribution >= 0.6 is 0 Å². The van der Waals surface area contributed by atoms with Gasteiger partial charge in [-0.2, -0.15) is 0 Å². The van der Waals surface area contributed by atoms with Crippen LogP contribution < -0.4 is 31.4 Å². The number of hydrogen-bond donors (Lipinski definition) is 2. The molecule has 0 aliphatic carbocycles. The Kier molecular flexibility index (Phi) is 8.47. The number of benzene rings is 2. The molecule has 1 heterocycles. The number of ether oxygens (including phenoxy) is 3. The number of carbonyl (C=O) groups excluding carboxylic acids is 1. The fourth-order valence-corrected chi connectivity index (χ4v) is 3.49. The summed E-state index contributed by atoms with van der Waals surface area (Å²) in [5, 5.41) is 0. The van der Waals surface area contributed by atoms with Gasteiger partial charge in [-0.25, -0.2) is 4.79 Å². The van der Waals surface area contributed by atoms with Crippen molar-refractivity contribution in [2.24, 2.45) is 0 Å². The SMILES string of the molecule is COCCn1c(N)c(N(Cc2ccccc2)C(=O)/C=C/c2ccc(OC)c(OC)c2)c(=O)[nH]c1=O. The molecule has 0 fully saturated rings. The van der Waals surface area contributed by atoms with Gasteiger partial charge >= 0.3 is 5.69 Å². The molecule has 0 atom stereocenters. The zero-order valence-corrected chi connectivity index (χ0v) is 19.8. The first-order chi connectivity index (χ1) is 16.9. The van der Waals surface area contributed by atoms with Crippen LogP contribution in [0.25, 0.3) is 6.08 Å². The maximum absolute atomic E-state index is 13.4. The summed E-state index contributed by atoms with van der Waals surface area (Å²) in [6.07, 6.45) is 2.92. The minimum atomic E-state index is -0.759. The third kappa shape index (κ3) is 5.98. The van der Waals surface area contributed by atoms with Crippen molar-refractivity contribution in [2.45, 2.75) is 13.1 Å². The zero-order valence-electron chi connectivity index (χ0n) is 19.8. The maximum atomic E-state index is 13.4. The van der Waals surface area contributed by atoms with E-state index in [0.717, 1.165) is 5.56 Å². The fraction of sp³-hybridized carbons (Fsp3) is 0.240. The standard InChI is InChI=1S/C25H28N4O6/c1-33-14-13-28-23(26)22(24(31)27-25(28)32)29(16-18-7-5-4-6-8-18)21(30)12-10-17-9-11-19(34-2)20(15-17)35-3/h4-12,15H,13-14,16,26H2,1-3H3,(H,27,31,32)/b12-10+. The minimum absolute atomic E-state index is 0.0612. The van der Waals surface area contributed by atoms with E-state index in [1.165, 1.54) is 36.9 Å². The molecule has 0 aliphatic heterocycles. The second-order valence-corrected chi connectivity index (χ2v) is 7.50. The minimum Gasteiger partial charge on any atom is -0.493 e. The van der Waals surface area contributed by atoms with E-state index < -0.39 is 17.2 Å². The monoisotopic (exact) mass is 480 g/mol. The van der Waals surface area contributed by atoms with E-state index in [-0.39, 0.29) is 31.2 Å². The Morgan fingerprint density at radius 3 is 2.43 bits per heavy atom. The maximum Gasteiger partial charge on any atom is 0.330 e. The Morgan fingerprint density at radius 1 is 1.06 bits per heavy atom. The van der Waals surface area contributed by atoms with Crippen molar-refractivity contribution in [1.82, 2.24) is 9.55 Å². The molecule has 1 amide bonds. The Hall–Kier alpha value is -4.31. The Labute approximate surface area is 202 Å². The number of aromatic nitrogens is 2. The number of aromatic amines is 1. The number of amides is 1. The number of nitrogens with two attached hydrogens (primary N) is 1. The zero-order chi connectivity index (χ0) is 25.4. The lowest BCUT2D eigenvalue weighted by molar-refractivity contribution is -0.114. The molecule has 0 saturated carbocycles. The van der Waals surface area contributed by atoms with Crippen LogP contribution in [0.3, 0.4) is 0 Å². The van der Waals surface area contributed by atoms with Crippen molar-refractivity contribution in [3.05, 3.63) is 86.6 Å². The van der Waals surface area contributed by atoms with Crippen LogP contribution in [0.5, 0.6) is 11.5 Å². The molecule has 2 aromatic carbocycles. The molecular weight excluding hydrogens is 452 g/mol. The van der Waals surface area contributed by atoms with Crippen molar-refractivity contribution in [3.8, 4) is 11.5 Å². The third-order valence-electron chi connectivity index (χ3n) is 5.28. The van der Waals surface area contributed by atoms with Gasteiger partial charge in [-0.15, -0.1) is 0 Å². The first-order valence-corrected chi connectivity index (χ1v) is 10.8. The lowest BCUT2D eigenvalue weighted by Gasteiger charge is -2.23. The van der Waals surface area contributed by atoms with Gasteiger partial charge in [0.05, 0.1) is 33.9 Å². The van der Waals surface area contributed by atoms with Gasteiger partial charge in [-0.05, 0) is 29.3 Å². The predicted molar refractivity (Wildman–Crippen MR) is 134 cm³/mol. The van der Waals surface area contributed by atoms with Crippen LogP contribution in [0.1, 0.15) is 11.1 Å². The van der Waals surface area contributed by atoms with Gasteiger partial charge < -0.3 is 19.9 Å². The number of carbonyl (C=O) groups is 1. The average Bonchev–Trinajstić information content (AvgIpc) is 2.86. The van der Waals surface area contributed by atoms with Gasteiger partial charge in [0.25, 0.3) is 11.5 Å². The molecule has 184 valence electrons. The Morgan fingerprint density at radius 2 is 1.77 bits per heavy atom. The summed E-state index contributed by atoms with van der Waals surface area (Å²) in [6, 6.07) is 14.3. The van der Waals surface area contributed by atoms with Gasteiger partial charge in [0.15, 0.2) is 17.2 Å². The van der Waals surface area contributed by atoms with Crippen molar-refractivity contribution >= 4 is 23.5 Å². The molecule has 1 aromatic heterocycles. The number of methoxy groups -OCH3 is 3. The van der Waals surface area contributed by atoms with Crippen LogP contribution in [-0.2, 0) is 22.6 Å². The quantitative estimate of drug-likeness (QED) is 0.425. The molecule has 0 radical (unpaired) electrons. The highest BCUT2D eigenvalue weighted by Crippen LogP contribution is 2.28. The molecule has 0 unspecified atom stereocenters. The molecule has 10 nitrogen and oxygen atoms in total. The Balaban J connectivity index is 2.04. The second-order valence-electron chi connectivity index (χ2n) is 7.50. The normalized spacial score (nSPS) is 10.9. The number of nitrogens with zero attached hydrogens (tertiary/aromatic N) is 2. The lowest BCUT2D eigenvalue weighted by Crippen LogP contribution is -2.40. The molecule has 35 heavy (non-hydrogen) atoms. The van der Waals surface area contributed by atoms with Crippen molar-refractivity contribution in [2.75, 3.05) is 38.6 Å². The van der Waals surface area contributed by atoms with Gasteiger partial charge in [0.1, 0.15) is 5.82 Å². The lowest BCUT2D eigenvalue weighted by atomic mass is 10.1. The third-order valence-corrected chi connectivity index (χ3v) is 5.28. The molecule has 3 N–H and O–H groups in total. The van der Waals surface area contributed by atoms with Gasteiger partial charge in [-0.1, -0.05) is 36.4 Å². The summed E-state index contributed by atoms with van der Waals surface area (Å²) in [7, 11) is 4.54. The van der Waals surface area contributed by atoms with E-state index in [4.69, 9.17) is 19.9 Å². The summed E-state index contributed by atoms with van der Waals surface area (Å²) in [4.78, 5) is 42.0. The van der Waals surface area contributed by atoms with E-state index in [2.05, 4.69) is 4.98 Å². The summed E-state index contributed by atoms with van der Waals surface area (Å²) >= 11 is 0. The van der Waals surface area contributed by atoms with Crippen LogP contribution in [0.15, 0.2) is 64.2 Å². The summed E-state index contributed by atoms with van der Waals surface area (Å²) < 4.78 is 16.8. The molecule has 0 bridgehead atoms. The van der Waals surface area contributed by atoms with Gasteiger partial charge in [0.2, 0.25) is 0 Å². The van der Waals surface area contributed by atoms with Crippen LogP contribution in [0.2, 0.25) is 0 Å². The van der Waals surface area contributed by atoms with Crippen molar-refractivity contribution in [3.63, 3.8) is 0 Å². The number of H-pyrrole nitrogens is 1. The Bertz CT molecular complexity index is 1310. The van der Waals surface area contributed by atoms with E-state index in [1.807, 2.05) is 30.3 Å². The van der Waals surface area contributed by atoms with Crippen LogP contribution in [-0.4, -0.2) is 43.4 Å². The molecule has 0 spiro atoms. The van der Waals surface area contributed by atoms with E-state index in [9.17, 15) is 14.4 Å². The first-order valence-electron chi connectivity index (χ1n) is 10.8. The average molecular weight is 481 g/mol. The predicted octanol–water partition coefficient (Wildman–Crippen LogP) is 2.03. The van der Waals surface area contributed by atoms with E-state index in [1.54, 1.807) is 24.3 Å². The number of hydrogen-bond acceptors (Lipinski definition) is 7. The smallest absolute Gasteiger partial charge is 0.330 e. The topological polar surface area (TPSA) is 129 Å². The molecule has 0 saturated heterocycles. The summed E-state index contributed by atoms with van der Waals surface area (Å²) in [6.45, 7) is 0.368.